The van der Waals surface area contributed by atoms with Crippen molar-refractivity contribution in [2.75, 3.05) is 0 Å². The Kier molecular flexibility index (Phi) is 2.28. The van der Waals surface area contributed by atoms with Crippen LogP contribution in [0.5, 0.6) is 0 Å². The summed E-state index contributed by atoms with van der Waals surface area (Å²) in [6.45, 7) is 3.73. The van der Waals surface area contributed by atoms with Crippen molar-refractivity contribution in [3.63, 3.8) is 0 Å². The molecule has 11 heavy (non-hydrogen) atoms. The second kappa shape index (κ2) is 3.21. The number of carbonyl (C=O) groups excluding carboxylic acids is 1. The zero-order valence-electron chi connectivity index (χ0n) is 6.16. The van der Waals surface area contributed by atoms with Crippen LogP contribution in [0.3, 0.4) is 0 Å². The Hall–Kier alpha value is -1.28. The van der Waals surface area contributed by atoms with Gasteiger partial charge in [0.2, 0.25) is 5.91 Å². The van der Waals surface area contributed by atoms with E-state index in [0.29, 0.717) is 0 Å². The van der Waals surface area contributed by atoms with Gasteiger partial charge in [-0.3, -0.25) is 4.79 Å². The molecule has 1 aliphatic rings. The van der Waals surface area contributed by atoms with Gasteiger partial charge in [-0.1, -0.05) is 12.2 Å². The number of carbonyl (C=O) groups is 1. The van der Waals surface area contributed by atoms with Gasteiger partial charge < -0.3 is 0 Å². The maximum Gasteiger partial charge on any atom is 0.226 e. The fourth-order valence-corrected chi connectivity index (χ4v) is 1.32. The molecule has 0 N–H and O–H groups in total. The van der Waals surface area contributed by atoms with Crippen LogP contribution in [0.25, 0.3) is 10.4 Å². The third-order valence-electron chi connectivity index (χ3n) is 1.92. The monoisotopic (exact) mass is 151 g/mol. The van der Waals surface area contributed by atoms with Gasteiger partial charge in [-0.25, -0.2) is 0 Å². The summed E-state index contributed by atoms with van der Waals surface area (Å²) >= 11 is 0. The number of hydrogen-bond acceptors (Lipinski definition) is 1. The molecule has 0 heterocycles. The van der Waals surface area contributed by atoms with Gasteiger partial charge in [0.15, 0.2) is 0 Å². The van der Waals surface area contributed by atoms with Crippen molar-refractivity contribution >= 4 is 5.91 Å². The summed E-state index contributed by atoms with van der Waals surface area (Å²) in [5.41, 5.74) is 8.90. The van der Waals surface area contributed by atoms with Crippen LogP contribution in [0.2, 0.25) is 0 Å². The van der Waals surface area contributed by atoms with E-state index < -0.39 is 0 Å². The van der Waals surface area contributed by atoms with Crippen LogP contribution in [0.4, 0.5) is 0 Å². The van der Waals surface area contributed by atoms with E-state index in [0.717, 1.165) is 24.8 Å². The lowest BCUT2D eigenvalue weighted by atomic mass is 10.0. The van der Waals surface area contributed by atoms with Gasteiger partial charge >= 0.3 is 0 Å². The molecule has 0 radical (unpaired) electrons. The summed E-state index contributed by atoms with van der Waals surface area (Å²) in [7, 11) is 0. The lowest BCUT2D eigenvalue weighted by Crippen LogP contribution is -2.07. The van der Waals surface area contributed by atoms with Crippen molar-refractivity contribution in [1.29, 1.82) is 0 Å². The van der Waals surface area contributed by atoms with E-state index in [1.165, 1.54) is 0 Å². The van der Waals surface area contributed by atoms with Gasteiger partial charge in [-0.2, -0.15) is 0 Å². The number of nitrogens with zero attached hydrogens (tertiary/aromatic N) is 3. The Morgan fingerprint density at radius 1 is 1.82 bits per heavy atom. The first-order chi connectivity index (χ1) is 5.25. The van der Waals surface area contributed by atoms with Gasteiger partial charge in [0.1, 0.15) is 0 Å². The van der Waals surface area contributed by atoms with E-state index in [1.807, 2.05) is 0 Å². The van der Waals surface area contributed by atoms with Crippen molar-refractivity contribution in [3.05, 3.63) is 22.6 Å². The van der Waals surface area contributed by atoms with Gasteiger partial charge in [0, 0.05) is 10.8 Å². The van der Waals surface area contributed by atoms with Crippen molar-refractivity contribution in [3.8, 4) is 0 Å². The van der Waals surface area contributed by atoms with Crippen LogP contribution in [-0.4, -0.2) is 5.91 Å². The summed E-state index contributed by atoms with van der Waals surface area (Å²) in [4.78, 5) is 13.4. The fraction of sp³-hybridized carbons (Fsp3) is 0.571. The molecular weight excluding hydrogens is 142 g/mol. The molecule has 1 rings (SSSR count). The van der Waals surface area contributed by atoms with Crippen LogP contribution in [-0.2, 0) is 4.79 Å². The largest absolute Gasteiger partial charge is 0.292 e. The average Bonchev–Trinajstić information content (AvgIpc) is 2.36. The molecule has 58 valence electrons. The average molecular weight is 151 g/mol. The van der Waals surface area contributed by atoms with E-state index in [1.54, 1.807) is 0 Å². The SMILES string of the molecule is C=C1CCCC1C(=O)N=[N+]=[N-]. The molecule has 4 nitrogen and oxygen atoms in total. The Bertz CT molecular complexity index is 240. The second-order valence-electron chi connectivity index (χ2n) is 2.63. The predicted molar refractivity (Wildman–Crippen MR) is 40.6 cm³/mol. The molecular formula is C7H9N3O. The first kappa shape index (κ1) is 7.82. The molecule has 1 amide bonds. The molecule has 4 heteroatoms. The van der Waals surface area contributed by atoms with Gasteiger partial charge in [0.25, 0.3) is 0 Å². The molecule has 1 unspecified atom stereocenters. The molecule has 0 spiro atoms. The molecule has 0 aromatic carbocycles. The number of amides is 1. The summed E-state index contributed by atoms with van der Waals surface area (Å²) < 4.78 is 0. The summed E-state index contributed by atoms with van der Waals surface area (Å²) in [5.74, 6) is -0.583. The zero-order chi connectivity index (χ0) is 8.27. The molecule has 0 bridgehead atoms. The maximum absolute atomic E-state index is 11.0. The zero-order valence-corrected chi connectivity index (χ0v) is 6.16. The van der Waals surface area contributed by atoms with Crippen LogP contribution in [0, 0.1) is 5.92 Å². The number of azide groups is 1. The summed E-state index contributed by atoms with van der Waals surface area (Å²) in [6.07, 6.45) is 2.66. The van der Waals surface area contributed by atoms with E-state index in [4.69, 9.17) is 5.53 Å². The minimum atomic E-state index is -0.380. The molecule has 1 atom stereocenters. The third kappa shape index (κ3) is 1.59. The smallest absolute Gasteiger partial charge is 0.226 e. The van der Waals surface area contributed by atoms with Crippen molar-refractivity contribution in [2.24, 2.45) is 11.0 Å². The third-order valence-corrected chi connectivity index (χ3v) is 1.92. The molecule has 0 aliphatic heterocycles. The first-order valence-corrected chi connectivity index (χ1v) is 3.52. The highest BCUT2D eigenvalue weighted by molar-refractivity contribution is 5.82. The molecule has 0 aromatic heterocycles. The molecule has 1 aliphatic carbocycles. The number of hydrogen-bond donors (Lipinski definition) is 0. The fourth-order valence-electron chi connectivity index (χ4n) is 1.32. The molecule has 1 saturated carbocycles. The maximum atomic E-state index is 11.0. The Labute approximate surface area is 64.5 Å². The highest BCUT2D eigenvalue weighted by Gasteiger charge is 2.24. The highest BCUT2D eigenvalue weighted by atomic mass is 16.1. The first-order valence-electron chi connectivity index (χ1n) is 3.52. The number of rotatable bonds is 1. The Balaban J connectivity index is 2.67. The standard InChI is InChI=1S/C7H9N3O/c1-5-3-2-4-6(5)7(11)9-10-8/h6H,1-4H2. The summed E-state index contributed by atoms with van der Waals surface area (Å²) in [5, 5.41) is 3.04. The normalized spacial score (nSPS) is 22.9. The minimum absolute atomic E-state index is 0.203. The molecule has 0 saturated heterocycles. The van der Waals surface area contributed by atoms with E-state index >= 15 is 0 Å². The van der Waals surface area contributed by atoms with Crippen molar-refractivity contribution in [2.45, 2.75) is 19.3 Å². The van der Waals surface area contributed by atoms with Crippen LogP contribution in [0.1, 0.15) is 19.3 Å². The van der Waals surface area contributed by atoms with Crippen LogP contribution in [0.15, 0.2) is 17.3 Å². The van der Waals surface area contributed by atoms with Gasteiger partial charge in [-0.05, 0) is 29.9 Å². The minimum Gasteiger partial charge on any atom is -0.292 e. The van der Waals surface area contributed by atoms with Crippen LogP contribution < -0.4 is 0 Å². The van der Waals surface area contributed by atoms with E-state index in [-0.39, 0.29) is 11.8 Å². The van der Waals surface area contributed by atoms with Crippen molar-refractivity contribution in [1.82, 2.24) is 0 Å². The lowest BCUT2D eigenvalue weighted by Gasteiger charge is -2.02. The lowest BCUT2D eigenvalue weighted by molar-refractivity contribution is -0.120. The van der Waals surface area contributed by atoms with Gasteiger partial charge in [-0.15, -0.1) is 0 Å². The van der Waals surface area contributed by atoms with E-state index in [2.05, 4.69) is 16.6 Å². The summed E-state index contributed by atoms with van der Waals surface area (Å²) in [6, 6.07) is 0. The topological polar surface area (TPSA) is 65.8 Å². The Morgan fingerprint density at radius 3 is 3.00 bits per heavy atom. The van der Waals surface area contributed by atoms with E-state index in [9.17, 15) is 4.79 Å². The Morgan fingerprint density at radius 2 is 2.55 bits per heavy atom. The van der Waals surface area contributed by atoms with Gasteiger partial charge in [0.05, 0.1) is 0 Å². The predicted octanol–water partition coefficient (Wildman–Crippen LogP) is 2.18. The second-order valence-corrected chi connectivity index (χ2v) is 2.63. The molecule has 1 fully saturated rings. The highest BCUT2D eigenvalue weighted by Crippen LogP contribution is 2.30. The van der Waals surface area contributed by atoms with Crippen LogP contribution >= 0.6 is 0 Å². The van der Waals surface area contributed by atoms with Crippen molar-refractivity contribution < 1.29 is 4.79 Å². The quantitative estimate of drug-likeness (QED) is 0.245. The molecule has 0 aromatic rings.